The summed E-state index contributed by atoms with van der Waals surface area (Å²) < 4.78 is 5.29. The van der Waals surface area contributed by atoms with Crippen LogP contribution in [0.5, 0.6) is 0 Å². The first-order chi connectivity index (χ1) is 25.2. The monoisotopic (exact) mass is 747 g/mol. The van der Waals surface area contributed by atoms with E-state index in [0.29, 0.717) is 39.3 Å². The average molecular weight is 747 g/mol. The van der Waals surface area contributed by atoms with Crippen molar-refractivity contribution in [1.82, 2.24) is 58.5 Å². The van der Waals surface area contributed by atoms with Gasteiger partial charge in [-0.3, -0.25) is 24.0 Å². The number of rotatable bonds is 36. The van der Waals surface area contributed by atoms with Crippen LogP contribution < -0.4 is 70.0 Å². The maximum atomic E-state index is 13.3. The van der Waals surface area contributed by atoms with Gasteiger partial charge in [0.1, 0.15) is 12.1 Å². The number of hydrogen-bond acceptors (Lipinski definition) is 13. The van der Waals surface area contributed by atoms with E-state index >= 15 is 0 Å². The predicted molar refractivity (Wildman–Crippen MR) is 195 cm³/mol. The number of hydrogen-bond donors (Lipinski definition) is 13. The molecule has 22 heteroatoms. The zero-order chi connectivity index (χ0) is 38.5. The van der Waals surface area contributed by atoms with Crippen LogP contribution in [0.25, 0.3) is 10.4 Å². The second-order valence-electron chi connectivity index (χ2n) is 11.5. The molecule has 300 valence electrons. The van der Waals surface area contributed by atoms with Gasteiger partial charge in [-0.25, -0.2) is 0 Å². The van der Waals surface area contributed by atoms with Crippen LogP contribution in [-0.4, -0.2) is 173 Å². The number of amides is 5. The first kappa shape index (κ1) is 48.3. The van der Waals surface area contributed by atoms with Crippen LogP contribution in [0.3, 0.4) is 0 Å². The Morgan fingerprint density at radius 2 is 1.00 bits per heavy atom. The Morgan fingerprint density at radius 1 is 0.577 bits per heavy atom. The van der Waals surface area contributed by atoms with Gasteiger partial charge in [0.25, 0.3) is 0 Å². The van der Waals surface area contributed by atoms with Gasteiger partial charge < -0.3 is 74.7 Å². The van der Waals surface area contributed by atoms with Crippen molar-refractivity contribution in [1.29, 1.82) is 0 Å². The lowest BCUT2D eigenvalue weighted by molar-refractivity contribution is -0.365. The molecule has 0 fully saturated rings. The second-order valence-corrected chi connectivity index (χ2v) is 11.5. The molecule has 0 radical (unpaired) electrons. The van der Waals surface area contributed by atoms with Crippen molar-refractivity contribution in [2.45, 2.75) is 31.8 Å². The summed E-state index contributed by atoms with van der Waals surface area (Å²) in [5.74, 6) is -2.96. The molecule has 0 aromatic carbocycles. The van der Waals surface area contributed by atoms with Crippen LogP contribution >= 0.6 is 0 Å². The lowest BCUT2D eigenvalue weighted by Crippen LogP contribution is -2.56. The zero-order valence-corrected chi connectivity index (χ0v) is 30.9. The highest BCUT2D eigenvalue weighted by molar-refractivity contribution is 5.96. The summed E-state index contributed by atoms with van der Waals surface area (Å²) in [6.07, 6.45) is -0.760. The first-order valence-corrected chi connectivity index (χ1v) is 18.0. The fraction of sp³-hybridized carbons (Fsp3) is 0.833. The number of nitrogens with one attached hydrogen (secondary N) is 11. The highest BCUT2D eigenvalue weighted by Gasteiger charge is 2.29. The standard InChI is InChI=1S/C30H64N16O6/c1-24(47)44-26(23-28(49)41-17-15-39-13-11-37-9-7-35-5-3-32)30(51)45-25(29(50)42-18-20-52-21-19-43-46-33)22-27(48)40-16-14-38-12-10-36-8-6-34-4-2-31/h25-26,34-39H,2-23,31-32H2,1H3,(H,40,48)(H,41,49)(H,42,50)(H,44,47)(H,45,51)/p+2/t25-,26+/m0/s1. The van der Waals surface area contributed by atoms with Gasteiger partial charge in [0.15, 0.2) is 0 Å². The topological polar surface area (TPSA) is 331 Å². The molecule has 0 unspecified atom stereocenters. The number of nitrogens with zero attached hydrogens (tertiary/aromatic N) is 3. The lowest BCUT2D eigenvalue weighted by atomic mass is 10.1. The third-order valence-electron chi connectivity index (χ3n) is 6.92. The third-order valence-corrected chi connectivity index (χ3v) is 6.92. The largest absolute Gasteiger partial charge is 0.379 e. The van der Waals surface area contributed by atoms with Gasteiger partial charge >= 0.3 is 0 Å². The minimum atomic E-state index is -1.30. The summed E-state index contributed by atoms with van der Waals surface area (Å²) in [7, 11) is 0. The van der Waals surface area contributed by atoms with Crippen molar-refractivity contribution in [3.05, 3.63) is 10.4 Å². The van der Waals surface area contributed by atoms with Crippen molar-refractivity contribution < 1.29 is 40.2 Å². The lowest BCUT2D eigenvalue weighted by Gasteiger charge is -2.22. The number of quaternary nitrogens is 2. The summed E-state index contributed by atoms with van der Waals surface area (Å²) in [6, 6.07) is -2.59. The fourth-order valence-electron chi connectivity index (χ4n) is 4.36. The van der Waals surface area contributed by atoms with Crippen molar-refractivity contribution >= 4 is 29.5 Å². The average Bonchev–Trinajstić information content (AvgIpc) is 3.11. The molecule has 0 saturated heterocycles. The van der Waals surface area contributed by atoms with Crippen molar-refractivity contribution in [3.8, 4) is 0 Å². The molecule has 52 heavy (non-hydrogen) atoms. The van der Waals surface area contributed by atoms with Gasteiger partial charge in [-0.05, 0) is 5.53 Å². The quantitative estimate of drug-likeness (QED) is 0.0123. The highest BCUT2D eigenvalue weighted by atomic mass is 16.5. The van der Waals surface area contributed by atoms with Crippen LogP contribution in [0.15, 0.2) is 5.11 Å². The summed E-state index contributed by atoms with van der Waals surface area (Å²) in [4.78, 5) is 66.3. The Hall–Kier alpha value is -3.70. The second kappa shape index (κ2) is 35.7. The summed E-state index contributed by atoms with van der Waals surface area (Å²) in [5.41, 5.74) is 15.9. The van der Waals surface area contributed by atoms with Crippen molar-refractivity contribution in [3.63, 3.8) is 0 Å². The molecule has 5 amide bonds. The van der Waals surface area contributed by atoms with Gasteiger partial charge in [-0.2, -0.15) is 0 Å². The van der Waals surface area contributed by atoms with E-state index in [1.54, 1.807) is 0 Å². The van der Waals surface area contributed by atoms with Crippen molar-refractivity contribution in [2.24, 2.45) is 5.11 Å². The van der Waals surface area contributed by atoms with E-state index < -0.39 is 41.6 Å². The van der Waals surface area contributed by atoms with E-state index in [2.05, 4.69) is 80.0 Å². The summed E-state index contributed by atoms with van der Waals surface area (Å²) >= 11 is 0. The molecule has 0 rings (SSSR count). The molecule has 0 spiro atoms. The molecular weight excluding hydrogens is 680 g/mol. The number of carbonyl (C=O) groups excluding carboxylic acids is 5. The molecule has 0 bridgehead atoms. The van der Waals surface area contributed by atoms with Crippen LogP contribution in [-0.2, 0) is 28.7 Å². The molecule has 0 aliphatic heterocycles. The Kier molecular flexibility index (Phi) is 33.2. The molecule has 0 aromatic heterocycles. The molecule has 2 atom stereocenters. The Labute approximate surface area is 306 Å². The molecule has 22 nitrogen and oxygen atoms in total. The van der Waals surface area contributed by atoms with Crippen molar-refractivity contribution in [2.75, 3.05) is 131 Å². The van der Waals surface area contributed by atoms with Gasteiger partial charge in [-0.1, -0.05) is 5.11 Å². The van der Waals surface area contributed by atoms with Crippen LogP contribution in [0.2, 0.25) is 0 Å². The van der Waals surface area contributed by atoms with E-state index in [1.807, 2.05) is 0 Å². The van der Waals surface area contributed by atoms with E-state index in [-0.39, 0.29) is 39.1 Å². The molecule has 17 N–H and O–H groups in total. The van der Waals surface area contributed by atoms with Gasteiger partial charge in [-0.15, -0.1) is 0 Å². The maximum absolute atomic E-state index is 13.3. The van der Waals surface area contributed by atoms with Gasteiger partial charge in [0.05, 0.1) is 39.1 Å². The molecule has 0 saturated carbocycles. The Bertz CT molecular complexity index is 1020. The van der Waals surface area contributed by atoms with E-state index in [1.165, 1.54) is 6.92 Å². The van der Waals surface area contributed by atoms with Crippen LogP contribution in [0.4, 0.5) is 0 Å². The highest BCUT2D eigenvalue weighted by Crippen LogP contribution is 1.99. The van der Waals surface area contributed by atoms with Crippen LogP contribution in [0, 0.1) is 0 Å². The normalized spacial score (nSPS) is 11.9. The van der Waals surface area contributed by atoms with Crippen LogP contribution in [0.1, 0.15) is 19.8 Å². The minimum Gasteiger partial charge on any atom is -0.379 e. The predicted octanol–water partition coefficient (Wildman–Crippen LogP) is -7.55. The SMILES string of the molecule is CC(=O)N[C@H](CC(=O)NCCNCCNCCNCC[NH3+])C(=O)N[C@@H](CC(=O)NCCNCCNCCNCC[NH3+])C(=O)NCCOCCN=[N+]=[N-]. The summed E-state index contributed by atoms with van der Waals surface area (Å²) in [5, 5.41) is 35.9. The summed E-state index contributed by atoms with van der Waals surface area (Å²) in [6.45, 7) is 12.9. The zero-order valence-electron chi connectivity index (χ0n) is 30.9. The number of ether oxygens (including phenoxy) is 1. The maximum Gasteiger partial charge on any atom is 0.243 e. The number of azide groups is 1. The Morgan fingerprint density at radius 3 is 1.42 bits per heavy atom. The Balaban J connectivity index is 4.92. The van der Waals surface area contributed by atoms with E-state index in [4.69, 9.17) is 10.3 Å². The van der Waals surface area contributed by atoms with Gasteiger partial charge in [0, 0.05) is 117 Å². The fourth-order valence-corrected chi connectivity index (χ4v) is 4.36. The molecule has 0 aromatic rings. The molecular formula is C30H66N16O6+2. The minimum absolute atomic E-state index is 0.0582. The molecule has 0 aliphatic carbocycles. The van der Waals surface area contributed by atoms with E-state index in [9.17, 15) is 24.0 Å². The number of carbonyl (C=O) groups is 5. The van der Waals surface area contributed by atoms with Gasteiger partial charge in [0.2, 0.25) is 29.5 Å². The third kappa shape index (κ3) is 31.1. The molecule has 0 heterocycles. The smallest absolute Gasteiger partial charge is 0.243 e. The first-order valence-electron chi connectivity index (χ1n) is 18.0. The molecule has 0 aliphatic rings. The van der Waals surface area contributed by atoms with E-state index in [0.717, 1.165) is 65.4 Å².